The van der Waals surface area contributed by atoms with Gasteiger partial charge in [0.15, 0.2) is 5.82 Å². The van der Waals surface area contributed by atoms with Crippen LogP contribution in [-0.2, 0) is 9.05 Å². The summed E-state index contributed by atoms with van der Waals surface area (Å²) in [6, 6.07) is 0. The Morgan fingerprint density at radius 2 is 2.21 bits per heavy atom. The minimum absolute atomic E-state index is 0.220. The van der Waals surface area contributed by atoms with Gasteiger partial charge in [-0.25, -0.2) is 13.5 Å². The highest BCUT2D eigenvalue weighted by molar-refractivity contribution is 8.13. The van der Waals surface area contributed by atoms with Crippen LogP contribution in [0.2, 0.25) is 0 Å². The van der Waals surface area contributed by atoms with Crippen LogP contribution in [-0.4, -0.2) is 33.8 Å². The highest BCUT2D eigenvalue weighted by Gasteiger charge is 2.16. The lowest BCUT2D eigenvalue weighted by Crippen LogP contribution is -1.92. The van der Waals surface area contributed by atoms with Crippen LogP contribution < -0.4 is 0 Å². The van der Waals surface area contributed by atoms with Gasteiger partial charge in [0.05, 0.1) is 11.8 Å². The number of hydrogen-bond donors (Lipinski definition) is 2. The highest BCUT2D eigenvalue weighted by Crippen LogP contribution is 2.15. The van der Waals surface area contributed by atoms with Crippen molar-refractivity contribution in [3.05, 3.63) is 12.4 Å². The standard InChI is InChI=1S/C5H4ClN5O2S/c6-14(12,13)5-9-4(10-11-5)3-1-7-8-2-3/h1-2H,(H,7,8)(H,9,10,11). The zero-order valence-electron chi connectivity index (χ0n) is 6.60. The van der Waals surface area contributed by atoms with E-state index in [0.717, 1.165) is 0 Å². The van der Waals surface area contributed by atoms with E-state index < -0.39 is 9.05 Å². The average Bonchev–Trinajstić information content (AvgIpc) is 2.73. The molecule has 0 aromatic carbocycles. The second kappa shape index (κ2) is 3.07. The van der Waals surface area contributed by atoms with Crippen molar-refractivity contribution in [2.75, 3.05) is 0 Å². The molecule has 2 aromatic heterocycles. The van der Waals surface area contributed by atoms with Crippen molar-refractivity contribution in [1.29, 1.82) is 0 Å². The molecule has 0 saturated heterocycles. The minimum Gasteiger partial charge on any atom is -0.285 e. The van der Waals surface area contributed by atoms with E-state index in [0.29, 0.717) is 5.56 Å². The molecule has 0 spiro atoms. The fraction of sp³-hybridized carbons (Fsp3) is 0. The second-order valence-electron chi connectivity index (χ2n) is 2.39. The number of aromatic amines is 2. The maximum atomic E-state index is 10.8. The lowest BCUT2D eigenvalue weighted by Gasteiger charge is -1.84. The summed E-state index contributed by atoms with van der Waals surface area (Å²) < 4.78 is 21.6. The average molecular weight is 234 g/mol. The quantitative estimate of drug-likeness (QED) is 0.717. The van der Waals surface area contributed by atoms with E-state index in [1.54, 1.807) is 0 Å². The molecule has 2 N–H and O–H groups in total. The summed E-state index contributed by atoms with van der Waals surface area (Å²) in [4.78, 5) is 3.68. The van der Waals surface area contributed by atoms with Crippen molar-refractivity contribution in [3.63, 3.8) is 0 Å². The van der Waals surface area contributed by atoms with E-state index in [1.807, 2.05) is 0 Å². The van der Waals surface area contributed by atoms with Crippen molar-refractivity contribution in [2.24, 2.45) is 0 Å². The van der Waals surface area contributed by atoms with Crippen molar-refractivity contribution in [1.82, 2.24) is 25.4 Å². The fourth-order valence-corrected chi connectivity index (χ4v) is 1.42. The van der Waals surface area contributed by atoms with Crippen molar-refractivity contribution in [3.8, 4) is 11.4 Å². The Bertz CT molecular complexity index is 530. The molecule has 0 atom stereocenters. The summed E-state index contributed by atoms with van der Waals surface area (Å²) in [5.74, 6) is 0.220. The van der Waals surface area contributed by atoms with Gasteiger partial charge in [-0.2, -0.15) is 15.2 Å². The summed E-state index contributed by atoms with van der Waals surface area (Å²) in [5.41, 5.74) is 0.577. The van der Waals surface area contributed by atoms with Gasteiger partial charge in [0.1, 0.15) is 0 Å². The van der Waals surface area contributed by atoms with Gasteiger partial charge in [-0.05, 0) is 0 Å². The molecule has 0 saturated carbocycles. The molecule has 0 fully saturated rings. The number of nitrogens with one attached hydrogen (secondary N) is 2. The Morgan fingerprint density at radius 1 is 1.43 bits per heavy atom. The molecule has 0 amide bonds. The van der Waals surface area contributed by atoms with Gasteiger partial charge in [0.25, 0.3) is 14.2 Å². The molecular formula is C5H4ClN5O2S. The van der Waals surface area contributed by atoms with E-state index in [2.05, 4.69) is 25.4 Å². The first-order valence-electron chi connectivity index (χ1n) is 3.43. The lowest BCUT2D eigenvalue weighted by atomic mass is 10.3. The maximum Gasteiger partial charge on any atom is 0.296 e. The van der Waals surface area contributed by atoms with Crippen molar-refractivity contribution < 1.29 is 8.42 Å². The molecule has 0 aliphatic heterocycles. The first kappa shape index (κ1) is 9.16. The summed E-state index contributed by atoms with van der Waals surface area (Å²) in [5, 5.41) is 11.7. The van der Waals surface area contributed by atoms with Crippen molar-refractivity contribution in [2.45, 2.75) is 5.16 Å². The fourth-order valence-electron chi connectivity index (χ4n) is 0.858. The second-order valence-corrected chi connectivity index (χ2v) is 4.87. The topological polar surface area (TPSA) is 104 Å². The van der Waals surface area contributed by atoms with E-state index in [-0.39, 0.29) is 11.0 Å². The number of hydrogen-bond acceptors (Lipinski definition) is 5. The van der Waals surface area contributed by atoms with Crippen molar-refractivity contribution >= 4 is 19.7 Å². The molecule has 2 aromatic rings. The van der Waals surface area contributed by atoms with Crippen LogP contribution in [0.4, 0.5) is 0 Å². The van der Waals surface area contributed by atoms with Crippen LogP contribution in [0.1, 0.15) is 0 Å². The van der Waals surface area contributed by atoms with Crippen LogP contribution in [0, 0.1) is 0 Å². The van der Waals surface area contributed by atoms with Crippen LogP contribution in [0.25, 0.3) is 11.4 Å². The third kappa shape index (κ3) is 1.61. The van der Waals surface area contributed by atoms with Crippen LogP contribution in [0.3, 0.4) is 0 Å². The molecular weight excluding hydrogens is 230 g/mol. The maximum absolute atomic E-state index is 10.8. The monoisotopic (exact) mass is 233 g/mol. The van der Waals surface area contributed by atoms with Gasteiger partial charge in [-0.3, -0.25) is 5.10 Å². The number of aromatic nitrogens is 5. The van der Waals surface area contributed by atoms with Gasteiger partial charge in [-0.1, -0.05) is 0 Å². The molecule has 0 unspecified atom stereocenters. The SMILES string of the molecule is O=S(=O)(Cl)c1nc(-c2cn[nH]c2)n[nH]1. The van der Waals surface area contributed by atoms with Gasteiger partial charge in [-0.15, -0.1) is 0 Å². The van der Waals surface area contributed by atoms with E-state index in [9.17, 15) is 8.42 Å². The number of rotatable bonds is 2. The molecule has 0 bridgehead atoms. The molecule has 0 aliphatic rings. The molecule has 0 radical (unpaired) electrons. The predicted molar refractivity (Wildman–Crippen MR) is 47.0 cm³/mol. The summed E-state index contributed by atoms with van der Waals surface area (Å²) >= 11 is 0. The predicted octanol–water partition coefficient (Wildman–Crippen LogP) is 0.122. The molecule has 0 aliphatic carbocycles. The van der Waals surface area contributed by atoms with Gasteiger partial charge >= 0.3 is 0 Å². The zero-order valence-corrected chi connectivity index (χ0v) is 8.17. The summed E-state index contributed by atoms with van der Waals surface area (Å²) in [6.45, 7) is 0. The molecule has 14 heavy (non-hydrogen) atoms. The first-order valence-corrected chi connectivity index (χ1v) is 5.74. The smallest absolute Gasteiger partial charge is 0.285 e. The molecule has 7 nitrogen and oxygen atoms in total. The van der Waals surface area contributed by atoms with Gasteiger partial charge in [0.2, 0.25) is 0 Å². The van der Waals surface area contributed by atoms with E-state index >= 15 is 0 Å². The largest absolute Gasteiger partial charge is 0.296 e. The molecule has 2 rings (SSSR count). The van der Waals surface area contributed by atoms with Crippen LogP contribution in [0.5, 0.6) is 0 Å². The highest BCUT2D eigenvalue weighted by atomic mass is 35.7. The Morgan fingerprint density at radius 3 is 2.71 bits per heavy atom. The lowest BCUT2D eigenvalue weighted by molar-refractivity contribution is 0.602. The third-order valence-electron chi connectivity index (χ3n) is 1.45. The Kier molecular flexibility index (Phi) is 2.01. The zero-order chi connectivity index (χ0) is 10.2. The van der Waals surface area contributed by atoms with Gasteiger partial charge in [0, 0.05) is 16.9 Å². The Hall–Kier alpha value is -1.41. The molecule has 2 heterocycles. The normalized spacial score (nSPS) is 11.8. The van der Waals surface area contributed by atoms with Crippen LogP contribution in [0.15, 0.2) is 17.6 Å². The summed E-state index contributed by atoms with van der Waals surface area (Å²) in [7, 11) is 1.19. The van der Waals surface area contributed by atoms with Gasteiger partial charge < -0.3 is 0 Å². The number of H-pyrrole nitrogens is 2. The summed E-state index contributed by atoms with van der Waals surface area (Å²) in [6.07, 6.45) is 3.00. The Balaban J connectivity index is 2.46. The Labute approximate surface area is 82.9 Å². The minimum atomic E-state index is -3.86. The molecule has 9 heteroatoms. The first-order chi connectivity index (χ1) is 6.57. The third-order valence-corrected chi connectivity index (χ3v) is 2.54. The van der Waals surface area contributed by atoms with E-state index in [1.165, 1.54) is 12.4 Å². The van der Waals surface area contributed by atoms with E-state index in [4.69, 9.17) is 10.7 Å². The van der Waals surface area contributed by atoms with Crippen LogP contribution >= 0.6 is 10.7 Å². The number of nitrogens with zero attached hydrogens (tertiary/aromatic N) is 3. The molecule has 74 valence electrons. The number of halogens is 1.